The minimum absolute atomic E-state index is 0.662. The maximum absolute atomic E-state index is 6.41. The molecule has 0 saturated carbocycles. The third kappa shape index (κ3) is 5.87. The van der Waals surface area contributed by atoms with E-state index in [9.17, 15) is 0 Å². The van der Waals surface area contributed by atoms with Crippen molar-refractivity contribution in [2.75, 3.05) is 32.1 Å². The summed E-state index contributed by atoms with van der Waals surface area (Å²) in [4.78, 5) is 7.24. The molecule has 0 spiro atoms. The van der Waals surface area contributed by atoms with E-state index < -0.39 is 0 Å². The lowest BCUT2D eigenvalue weighted by molar-refractivity contribution is 0.265. The van der Waals surface area contributed by atoms with E-state index in [0.29, 0.717) is 15.1 Å². The molecule has 7 heteroatoms. The molecule has 0 bridgehead atoms. The zero-order valence-corrected chi connectivity index (χ0v) is 21.6. The van der Waals surface area contributed by atoms with E-state index in [2.05, 4.69) is 17.1 Å². The van der Waals surface area contributed by atoms with Gasteiger partial charge in [0.1, 0.15) is 5.75 Å². The quantitative estimate of drug-likeness (QED) is 0.171. The minimum atomic E-state index is 0.662. The van der Waals surface area contributed by atoms with Crippen LogP contribution in [0.4, 0.5) is 5.69 Å². The number of aromatic nitrogens is 1. The van der Waals surface area contributed by atoms with Gasteiger partial charge in [-0.1, -0.05) is 47.8 Å². The van der Waals surface area contributed by atoms with Gasteiger partial charge in [-0.05, 0) is 73.5 Å². The highest BCUT2D eigenvalue weighted by atomic mass is 35.5. The maximum atomic E-state index is 6.41. The van der Waals surface area contributed by atoms with Crippen LogP contribution in [0.2, 0.25) is 15.1 Å². The summed E-state index contributed by atoms with van der Waals surface area (Å²) in [5, 5.41) is 7.81. The molecule has 1 N–H and O–H groups in total. The van der Waals surface area contributed by atoms with Gasteiger partial charge in [0.2, 0.25) is 0 Å². The molecule has 0 aliphatic heterocycles. The van der Waals surface area contributed by atoms with E-state index in [-0.39, 0.29) is 0 Å². The van der Waals surface area contributed by atoms with Crippen molar-refractivity contribution in [3.63, 3.8) is 0 Å². The summed E-state index contributed by atoms with van der Waals surface area (Å²) in [5.74, 6) is 0.805. The highest BCUT2D eigenvalue weighted by Crippen LogP contribution is 2.34. The monoisotopic (exact) mass is 515 g/mol. The van der Waals surface area contributed by atoms with Crippen molar-refractivity contribution < 1.29 is 4.74 Å². The Bertz CT molecular complexity index is 1300. The van der Waals surface area contributed by atoms with Gasteiger partial charge in [0.25, 0.3) is 0 Å². The molecule has 0 atom stereocenters. The average molecular weight is 517 g/mol. The van der Waals surface area contributed by atoms with E-state index in [4.69, 9.17) is 44.5 Å². The molecule has 0 aliphatic carbocycles. The number of anilines is 1. The van der Waals surface area contributed by atoms with Crippen LogP contribution in [0.15, 0.2) is 54.6 Å². The molecule has 3 aromatic carbocycles. The highest BCUT2D eigenvalue weighted by Gasteiger charge is 2.12. The molecule has 4 nitrogen and oxygen atoms in total. The van der Waals surface area contributed by atoms with E-state index in [1.165, 1.54) is 0 Å². The summed E-state index contributed by atoms with van der Waals surface area (Å²) in [6.45, 7) is 5.79. The van der Waals surface area contributed by atoms with E-state index >= 15 is 0 Å². The highest BCUT2D eigenvalue weighted by molar-refractivity contribution is 6.35. The van der Waals surface area contributed by atoms with E-state index in [0.717, 1.165) is 77.8 Å². The number of fused-ring (bicyclic) bond motifs is 2. The van der Waals surface area contributed by atoms with Crippen LogP contribution < -0.4 is 10.1 Å². The Morgan fingerprint density at radius 2 is 1.68 bits per heavy atom. The summed E-state index contributed by atoms with van der Waals surface area (Å²) in [6.07, 6.45) is 2.06. The Morgan fingerprint density at radius 1 is 0.882 bits per heavy atom. The topological polar surface area (TPSA) is 37.4 Å². The minimum Gasteiger partial charge on any atom is -0.497 e. The number of methoxy groups -OCH3 is 1. The molecule has 1 heterocycles. The number of rotatable bonds is 10. The Hall–Kier alpha value is -2.24. The lowest BCUT2D eigenvalue weighted by Gasteiger charge is -2.23. The summed E-state index contributed by atoms with van der Waals surface area (Å²) in [6, 6.07) is 17.5. The third-order valence-electron chi connectivity index (χ3n) is 5.84. The van der Waals surface area contributed by atoms with Crippen LogP contribution in [-0.2, 0) is 6.54 Å². The van der Waals surface area contributed by atoms with Crippen molar-refractivity contribution in [3.05, 3.63) is 75.2 Å². The van der Waals surface area contributed by atoms with Crippen molar-refractivity contribution in [1.82, 2.24) is 9.88 Å². The Kier molecular flexibility index (Phi) is 8.38. The molecule has 4 aromatic rings. The fourth-order valence-electron chi connectivity index (χ4n) is 4.21. The SMILES string of the molecule is CCCN(CCCNc1c2ccc(Cl)cc2nc2ccc(OC)cc12)Cc1ccc(Cl)cc1Cl. The first-order chi connectivity index (χ1) is 16.5. The molecule has 1 aromatic heterocycles. The third-order valence-corrected chi connectivity index (χ3v) is 6.67. The van der Waals surface area contributed by atoms with Crippen LogP contribution in [0.1, 0.15) is 25.3 Å². The fourth-order valence-corrected chi connectivity index (χ4v) is 4.84. The number of nitrogens with one attached hydrogen (secondary N) is 1. The Balaban J connectivity index is 1.51. The van der Waals surface area contributed by atoms with Crippen molar-refractivity contribution in [3.8, 4) is 5.75 Å². The Morgan fingerprint density at radius 3 is 2.44 bits per heavy atom. The summed E-state index contributed by atoms with van der Waals surface area (Å²) < 4.78 is 5.46. The number of nitrogens with zero attached hydrogens (tertiary/aromatic N) is 2. The van der Waals surface area contributed by atoms with Crippen LogP contribution in [0.25, 0.3) is 21.8 Å². The number of benzene rings is 3. The summed E-state index contributed by atoms with van der Waals surface area (Å²) in [7, 11) is 1.68. The zero-order valence-electron chi connectivity index (χ0n) is 19.4. The molecular weight excluding hydrogens is 489 g/mol. The first kappa shape index (κ1) is 24.9. The van der Waals surface area contributed by atoms with Gasteiger partial charge >= 0.3 is 0 Å². The normalized spacial score (nSPS) is 11.5. The standard InChI is InChI=1S/C27H28Cl3N3O/c1-3-12-33(17-18-5-6-19(28)14-24(18)30)13-4-11-31-27-22-9-7-20(29)15-26(22)32-25-10-8-21(34-2)16-23(25)27/h5-10,14-16H,3-4,11-13,17H2,1-2H3,(H,31,32). The Labute approximate surface area is 215 Å². The lowest BCUT2D eigenvalue weighted by atomic mass is 10.1. The second-order valence-corrected chi connectivity index (χ2v) is 9.60. The van der Waals surface area contributed by atoms with Crippen LogP contribution in [-0.4, -0.2) is 36.6 Å². The van der Waals surface area contributed by atoms with E-state index in [1.54, 1.807) is 7.11 Å². The average Bonchev–Trinajstić information content (AvgIpc) is 2.82. The van der Waals surface area contributed by atoms with Gasteiger partial charge in [-0.25, -0.2) is 4.98 Å². The van der Waals surface area contributed by atoms with Crippen LogP contribution in [0.5, 0.6) is 5.75 Å². The predicted molar refractivity (Wildman–Crippen MR) is 146 cm³/mol. The van der Waals surface area contributed by atoms with Gasteiger partial charge in [0.15, 0.2) is 0 Å². The zero-order chi connectivity index (χ0) is 24.1. The number of halogens is 3. The van der Waals surface area contributed by atoms with Crippen molar-refractivity contribution in [2.24, 2.45) is 0 Å². The molecular formula is C27H28Cl3N3O. The molecule has 4 rings (SSSR count). The lowest BCUT2D eigenvalue weighted by Crippen LogP contribution is -2.26. The number of ether oxygens (including phenoxy) is 1. The molecule has 0 unspecified atom stereocenters. The predicted octanol–water partition coefficient (Wildman–Crippen LogP) is 8.07. The second-order valence-electron chi connectivity index (χ2n) is 8.32. The van der Waals surface area contributed by atoms with Gasteiger partial charge in [0, 0.05) is 45.5 Å². The van der Waals surface area contributed by atoms with Gasteiger partial charge in [-0.3, -0.25) is 4.90 Å². The molecule has 0 amide bonds. The first-order valence-electron chi connectivity index (χ1n) is 11.5. The molecule has 0 radical (unpaired) electrons. The summed E-state index contributed by atoms with van der Waals surface area (Å²) >= 11 is 18.7. The van der Waals surface area contributed by atoms with Crippen molar-refractivity contribution >= 4 is 62.3 Å². The van der Waals surface area contributed by atoms with Crippen LogP contribution >= 0.6 is 34.8 Å². The van der Waals surface area contributed by atoms with Crippen molar-refractivity contribution in [2.45, 2.75) is 26.3 Å². The molecule has 0 saturated heterocycles. The second kappa shape index (κ2) is 11.5. The van der Waals surface area contributed by atoms with Gasteiger partial charge in [-0.2, -0.15) is 0 Å². The molecule has 0 fully saturated rings. The van der Waals surface area contributed by atoms with Crippen LogP contribution in [0.3, 0.4) is 0 Å². The first-order valence-corrected chi connectivity index (χ1v) is 12.6. The van der Waals surface area contributed by atoms with Crippen LogP contribution in [0, 0.1) is 0 Å². The molecule has 34 heavy (non-hydrogen) atoms. The number of hydrogen-bond acceptors (Lipinski definition) is 4. The summed E-state index contributed by atoms with van der Waals surface area (Å²) in [5.41, 5.74) is 3.93. The number of pyridine rings is 1. The van der Waals surface area contributed by atoms with Gasteiger partial charge in [0.05, 0.1) is 23.8 Å². The maximum Gasteiger partial charge on any atom is 0.119 e. The molecule has 178 valence electrons. The van der Waals surface area contributed by atoms with E-state index in [1.807, 2.05) is 54.6 Å². The van der Waals surface area contributed by atoms with Gasteiger partial charge in [-0.15, -0.1) is 0 Å². The molecule has 0 aliphatic rings. The fraction of sp³-hybridized carbons (Fsp3) is 0.296. The smallest absolute Gasteiger partial charge is 0.119 e. The van der Waals surface area contributed by atoms with Crippen molar-refractivity contribution in [1.29, 1.82) is 0 Å². The number of hydrogen-bond donors (Lipinski definition) is 1. The largest absolute Gasteiger partial charge is 0.497 e. The van der Waals surface area contributed by atoms with Gasteiger partial charge < -0.3 is 10.1 Å².